The van der Waals surface area contributed by atoms with Crippen LogP contribution in [0.15, 0.2) is 24.3 Å². The maximum atomic E-state index is 11.0. The summed E-state index contributed by atoms with van der Waals surface area (Å²) in [5.41, 5.74) is 0.208. The SMILES string of the molecule is CCSCCC(C)NCCOc1ccccc1C(=O)O. The number of rotatable bonds is 10. The van der Waals surface area contributed by atoms with Gasteiger partial charge in [-0.2, -0.15) is 11.8 Å². The number of ether oxygens (including phenoxy) is 1. The second-order valence-electron chi connectivity index (χ2n) is 4.49. The van der Waals surface area contributed by atoms with Crippen LogP contribution in [0.4, 0.5) is 0 Å². The molecule has 0 heterocycles. The second kappa shape index (κ2) is 9.66. The molecule has 1 atom stereocenters. The highest BCUT2D eigenvalue weighted by Gasteiger charge is 2.09. The molecule has 1 rings (SSSR count). The van der Waals surface area contributed by atoms with E-state index in [9.17, 15) is 4.79 Å². The van der Waals surface area contributed by atoms with E-state index in [1.807, 2.05) is 11.8 Å². The first-order valence-corrected chi connectivity index (χ1v) is 8.06. The highest BCUT2D eigenvalue weighted by molar-refractivity contribution is 7.99. The topological polar surface area (TPSA) is 58.6 Å². The average molecular weight is 297 g/mol. The lowest BCUT2D eigenvalue weighted by atomic mass is 10.2. The van der Waals surface area contributed by atoms with E-state index in [1.165, 1.54) is 0 Å². The third-order valence-electron chi connectivity index (χ3n) is 2.87. The quantitative estimate of drug-likeness (QED) is 0.650. The van der Waals surface area contributed by atoms with Gasteiger partial charge in [-0.05, 0) is 37.0 Å². The van der Waals surface area contributed by atoms with Gasteiger partial charge in [0.05, 0.1) is 0 Å². The van der Waals surface area contributed by atoms with Crippen molar-refractivity contribution in [1.29, 1.82) is 0 Å². The summed E-state index contributed by atoms with van der Waals surface area (Å²) in [4.78, 5) is 11.0. The van der Waals surface area contributed by atoms with Crippen molar-refractivity contribution in [2.45, 2.75) is 26.3 Å². The number of thioether (sulfide) groups is 1. The molecule has 1 unspecified atom stereocenters. The fourth-order valence-corrected chi connectivity index (χ4v) is 2.55. The number of carbonyl (C=O) groups is 1. The molecule has 1 aromatic carbocycles. The van der Waals surface area contributed by atoms with Gasteiger partial charge in [-0.1, -0.05) is 19.1 Å². The summed E-state index contributed by atoms with van der Waals surface area (Å²) < 4.78 is 5.53. The standard InChI is InChI=1S/C15H23NO3S/c1-3-20-11-8-12(2)16-9-10-19-14-7-5-4-6-13(14)15(17)18/h4-7,12,16H,3,8-11H2,1-2H3,(H,17,18). The Morgan fingerprint density at radius 2 is 2.20 bits per heavy atom. The predicted molar refractivity (Wildman–Crippen MR) is 84.0 cm³/mol. The third-order valence-corrected chi connectivity index (χ3v) is 3.80. The molecule has 5 heteroatoms. The molecule has 1 aromatic rings. The van der Waals surface area contributed by atoms with E-state index >= 15 is 0 Å². The molecule has 112 valence electrons. The number of hydrogen-bond donors (Lipinski definition) is 2. The Labute approximate surface area is 124 Å². The highest BCUT2D eigenvalue weighted by Crippen LogP contribution is 2.17. The van der Waals surface area contributed by atoms with Crippen LogP contribution >= 0.6 is 11.8 Å². The molecule has 20 heavy (non-hydrogen) atoms. The Kier molecular flexibility index (Phi) is 8.14. The van der Waals surface area contributed by atoms with Crippen molar-refractivity contribution < 1.29 is 14.6 Å². The second-order valence-corrected chi connectivity index (χ2v) is 5.88. The van der Waals surface area contributed by atoms with Crippen LogP contribution in [0, 0.1) is 0 Å². The van der Waals surface area contributed by atoms with Gasteiger partial charge in [-0.3, -0.25) is 0 Å². The molecule has 0 aliphatic heterocycles. The molecule has 0 saturated heterocycles. The summed E-state index contributed by atoms with van der Waals surface area (Å²) in [5, 5.41) is 12.4. The largest absolute Gasteiger partial charge is 0.491 e. The van der Waals surface area contributed by atoms with Gasteiger partial charge in [0, 0.05) is 12.6 Å². The van der Waals surface area contributed by atoms with E-state index in [0.29, 0.717) is 24.9 Å². The van der Waals surface area contributed by atoms with Gasteiger partial charge in [0.2, 0.25) is 0 Å². The fourth-order valence-electron chi connectivity index (χ4n) is 1.74. The van der Waals surface area contributed by atoms with Gasteiger partial charge >= 0.3 is 5.97 Å². The first-order chi connectivity index (χ1) is 9.65. The summed E-state index contributed by atoms with van der Waals surface area (Å²) in [6, 6.07) is 7.16. The van der Waals surface area contributed by atoms with E-state index in [-0.39, 0.29) is 5.56 Å². The number of carboxylic acids is 1. The Hall–Kier alpha value is -1.20. The number of benzene rings is 1. The smallest absolute Gasteiger partial charge is 0.339 e. The molecule has 0 fully saturated rings. The minimum atomic E-state index is -0.960. The van der Waals surface area contributed by atoms with Crippen LogP contribution in [-0.2, 0) is 0 Å². The van der Waals surface area contributed by atoms with Crippen molar-refractivity contribution in [3.05, 3.63) is 29.8 Å². The molecule has 0 aliphatic carbocycles. The molecule has 0 radical (unpaired) electrons. The highest BCUT2D eigenvalue weighted by atomic mass is 32.2. The average Bonchev–Trinajstić information content (AvgIpc) is 2.44. The summed E-state index contributed by atoms with van der Waals surface area (Å²) >= 11 is 1.94. The number of hydrogen-bond acceptors (Lipinski definition) is 4. The Bertz CT molecular complexity index is 412. The van der Waals surface area contributed by atoms with Crippen LogP contribution in [0.3, 0.4) is 0 Å². The molecular weight excluding hydrogens is 274 g/mol. The molecule has 0 aliphatic rings. The zero-order valence-corrected chi connectivity index (χ0v) is 12.9. The Balaban J connectivity index is 2.26. The number of nitrogens with one attached hydrogen (secondary N) is 1. The summed E-state index contributed by atoms with van der Waals surface area (Å²) in [7, 11) is 0. The van der Waals surface area contributed by atoms with Crippen molar-refractivity contribution in [2.75, 3.05) is 24.7 Å². The number of para-hydroxylation sites is 1. The van der Waals surface area contributed by atoms with Gasteiger partial charge in [-0.25, -0.2) is 4.79 Å². The summed E-state index contributed by atoms with van der Waals surface area (Å²) in [5.74, 6) is 1.78. The third kappa shape index (κ3) is 6.30. The summed E-state index contributed by atoms with van der Waals surface area (Å²) in [6.07, 6.45) is 1.13. The Morgan fingerprint density at radius 1 is 1.45 bits per heavy atom. The van der Waals surface area contributed by atoms with Crippen LogP contribution in [0.25, 0.3) is 0 Å². The van der Waals surface area contributed by atoms with Crippen LogP contribution in [0.1, 0.15) is 30.6 Å². The lowest BCUT2D eigenvalue weighted by Crippen LogP contribution is -2.30. The molecule has 4 nitrogen and oxygen atoms in total. The van der Waals surface area contributed by atoms with Crippen molar-refractivity contribution in [2.24, 2.45) is 0 Å². The van der Waals surface area contributed by atoms with Gasteiger partial charge in [0.1, 0.15) is 17.9 Å². The first kappa shape index (κ1) is 16.9. The van der Waals surface area contributed by atoms with Crippen LogP contribution < -0.4 is 10.1 Å². The zero-order chi connectivity index (χ0) is 14.8. The van der Waals surface area contributed by atoms with E-state index in [4.69, 9.17) is 9.84 Å². The molecule has 0 spiro atoms. The van der Waals surface area contributed by atoms with Crippen LogP contribution in [-0.4, -0.2) is 41.8 Å². The van der Waals surface area contributed by atoms with Crippen molar-refractivity contribution >= 4 is 17.7 Å². The minimum absolute atomic E-state index is 0.208. The summed E-state index contributed by atoms with van der Waals surface area (Å²) in [6.45, 7) is 5.50. The van der Waals surface area contributed by atoms with E-state index in [2.05, 4.69) is 19.2 Å². The van der Waals surface area contributed by atoms with Gasteiger partial charge < -0.3 is 15.2 Å². The minimum Gasteiger partial charge on any atom is -0.491 e. The normalized spacial score (nSPS) is 12.1. The van der Waals surface area contributed by atoms with Gasteiger partial charge in [0.25, 0.3) is 0 Å². The molecule has 0 aromatic heterocycles. The molecule has 2 N–H and O–H groups in total. The maximum absolute atomic E-state index is 11.0. The van der Waals surface area contributed by atoms with E-state index < -0.39 is 5.97 Å². The fraction of sp³-hybridized carbons (Fsp3) is 0.533. The lowest BCUT2D eigenvalue weighted by molar-refractivity contribution is 0.0692. The number of aromatic carboxylic acids is 1. The van der Waals surface area contributed by atoms with E-state index in [1.54, 1.807) is 24.3 Å². The molecule has 0 bridgehead atoms. The van der Waals surface area contributed by atoms with Gasteiger partial charge in [0.15, 0.2) is 0 Å². The zero-order valence-electron chi connectivity index (χ0n) is 12.1. The Morgan fingerprint density at radius 3 is 2.90 bits per heavy atom. The van der Waals surface area contributed by atoms with Gasteiger partial charge in [-0.15, -0.1) is 0 Å². The number of carboxylic acid groups (broad SMARTS) is 1. The first-order valence-electron chi connectivity index (χ1n) is 6.91. The van der Waals surface area contributed by atoms with Crippen LogP contribution in [0.2, 0.25) is 0 Å². The van der Waals surface area contributed by atoms with E-state index in [0.717, 1.165) is 17.9 Å². The van der Waals surface area contributed by atoms with Crippen molar-refractivity contribution in [3.63, 3.8) is 0 Å². The van der Waals surface area contributed by atoms with Crippen molar-refractivity contribution in [3.8, 4) is 5.75 Å². The monoisotopic (exact) mass is 297 g/mol. The molecule has 0 saturated carbocycles. The lowest BCUT2D eigenvalue weighted by Gasteiger charge is -2.14. The van der Waals surface area contributed by atoms with Crippen LogP contribution in [0.5, 0.6) is 5.75 Å². The molecule has 0 amide bonds. The maximum Gasteiger partial charge on any atom is 0.339 e. The van der Waals surface area contributed by atoms with Crippen molar-refractivity contribution in [1.82, 2.24) is 5.32 Å². The molecular formula is C15H23NO3S. The predicted octanol–water partition coefficient (Wildman–Crippen LogP) is 2.88.